The highest BCUT2D eigenvalue weighted by Gasteiger charge is 2.22. The number of sulfonamides is 1. The number of aromatic nitrogens is 4. The SMILES string of the molecule is CC(C)(C)n1cc(Cc2ccncc2)c(=O)n1-c1ccc(S(N)(=O)=O)cn1. The molecule has 142 valence electrons. The highest BCUT2D eigenvalue weighted by molar-refractivity contribution is 7.89. The van der Waals surface area contributed by atoms with Crippen molar-refractivity contribution in [2.24, 2.45) is 5.14 Å². The van der Waals surface area contributed by atoms with Crippen LogP contribution in [-0.2, 0) is 22.0 Å². The summed E-state index contributed by atoms with van der Waals surface area (Å²) in [5.41, 5.74) is 0.972. The summed E-state index contributed by atoms with van der Waals surface area (Å²) in [6, 6.07) is 6.53. The Kier molecular flexibility index (Phi) is 4.75. The molecule has 0 aliphatic rings. The summed E-state index contributed by atoms with van der Waals surface area (Å²) in [5.74, 6) is 0.323. The molecule has 0 spiro atoms. The maximum absolute atomic E-state index is 13.1. The molecule has 0 saturated carbocycles. The number of primary sulfonamides is 1. The van der Waals surface area contributed by atoms with Crippen LogP contribution in [0, 0.1) is 0 Å². The van der Waals surface area contributed by atoms with Gasteiger partial charge >= 0.3 is 0 Å². The Bertz CT molecular complexity index is 1110. The smallest absolute Gasteiger partial charge is 0.276 e. The van der Waals surface area contributed by atoms with Gasteiger partial charge in [-0.1, -0.05) is 0 Å². The third kappa shape index (κ3) is 3.99. The van der Waals surface area contributed by atoms with E-state index in [1.807, 2.05) is 32.9 Å². The molecule has 0 bridgehead atoms. The maximum atomic E-state index is 13.1. The van der Waals surface area contributed by atoms with E-state index in [1.54, 1.807) is 23.3 Å². The molecule has 0 aliphatic heterocycles. The van der Waals surface area contributed by atoms with E-state index >= 15 is 0 Å². The summed E-state index contributed by atoms with van der Waals surface area (Å²) in [7, 11) is -3.85. The van der Waals surface area contributed by atoms with Gasteiger partial charge in [0.25, 0.3) is 5.56 Å². The Labute approximate surface area is 157 Å². The normalized spacial score (nSPS) is 12.3. The number of nitrogens with zero attached hydrogens (tertiary/aromatic N) is 4. The topological polar surface area (TPSA) is 113 Å². The summed E-state index contributed by atoms with van der Waals surface area (Å²) in [4.78, 5) is 21.1. The first-order valence-electron chi connectivity index (χ1n) is 8.29. The van der Waals surface area contributed by atoms with Gasteiger partial charge in [0.1, 0.15) is 4.90 Å². The third-order valence-corrected chi connectivity index (χ3v) is 4.96. The molecule has 0 fully saturated rings. The average Bonchev–Trinajstić information content (AvgIpc) is 2.92. The molecule has 0 aliphatic carbocycles. The van der Waals surface area contributed by atoms with E-state index in [1.165, 1.54) is 16.8 Å². The first kappa shape index (κ1) is 19.0. The molecule has 0 radical (unpaired) electrons. The van der Waals surface area contributed by atoms with Gasteiger partial charge in [-0.2, -0.15) is 4.68 Å². The van der Waals surface area contributed by atoms with Crippen molar-refractivity contribution >= 4 is 10.0 Å². The van der Waals surface area contributed by atoms with Crippen LogP contribution in [0.15, 0.2) is 58.7 Å². The van der Waals surface area contributed by atoms with Gasteiger partial charge in [-0.05, 0) is 50.6 Å². The number of nitrogens with two attached hydrogens (primary N) is 1. The maximum Gasteiger partial charge on any atom is 0.276 e. The molecule has 3 heterocycles. The predicted molar refractivity (Wildman–Crippen MR) is 101 cm³/mol. The van der Waals surface area contributed by atoms with Crippen LogP contribution in [0.2, 0.25) is 0 Å². The molecule has 8 nitrogen and oxygen atoms in total. The Morgan fingerprint density at radius 1 is 1.11 bits per heavy atom. The molecule has 0 aromatic carbocycles. The zero-order valence-electron chi connectivity index (χ0n) is 15.3. The van der Waals surface area contributed by atoms with Crippen molar-refractivity contribution in [2.45, 2.75) is 37.6 Å². The summed E-state index contributed by atoms with van der Waals surface area (Å²) in [5, 5.41) is 5.12. The van der Waals surface area contributed by atoms with E-state index in [2.05, 4.69) is 9.97 Å². The number of pyridine rings is 2. The standard InChI is InChI=1S/C18H21N5O3S/c1-18(2,3)22-12-14(10-13-6-8-20-9-7-13)17(24)23(22)16-5-4-15(11-21-16)27(19,25)26/h4-9,11-12H,10H2,1-3H3,(H2,19,25,26). The van der Waals surface area contributed by atoms with Crippen LogP contribution in [0.5, 0.6) is 0 Å². The molecule has 3 aromatic heterocycles. The molecule has 2 N–H and O–H groups in total. The predicted octanol–water partition coefficient (Wildman–Crippen LogP) is 1.42. The molecule has 0 unspecified atom stereocenters. The van der Waals surface area contributed by atoms with Crippen LogP contribution in [0.3, 0.4) is 0 Å². The van der Waals surface area contributed by atoms with Crippen LogP contribution >= 0.6 is 0 Å². The van der Waals surface area contributed by atoms with E-state index in [0.29, 0.717) is 17.8 Å². The first-order chi connectivity index (χ1) is 12.6. The minimum atomic E-state index is -3.85. The van der Waals surface area contributed by atoms with Gasteiger partial charge in [-0.15, -0.1) is 0 Å². The van der Waals surface area contributed by atoms with Crippen LogP contribution in [0.25, 0.3) is 5.82 Å². The highest BCUT2D eigenvalue weighted by Crippen LogP contribution is 2.18. The van der Waals surface area contributed by atoms with E-state index in [-0.39, 0.29) is 10.5 Å². The van der Waals surface area contributed by atoms with Gasteiger partial charge in [0.05, 0.1) is 5.54 Å². The summed E-state index contributed by atoms with van der Waals surface area (Å²) >= 11 is 0. The lowest BCUT2D eigenvalue weighted by Crippen LogP contribution is -2.32. The van der Waals surface area contributed by atoms with E-state index in [9.17, 15) is 13.2 Å². The molecule has 27 heavy (non-hydrogen) atoms. The van der Waals surface area contributed by atoms with Crippen LogP contribution < -0.4 is 10.7 Å². The molecular formula is C18H21N5O3S. The van der Waals surface area contributed by atoms with Crippen molar-refractivity contribution in [3.05, 3.63) is 70.5 Å². The summed E-state index contributed by atoms with van der Waals surface area (Å²) in [6.07, 6.45) is 6.78. The largest absolute Gasteiger partial charge is 0.278 e. The number of rotatable bonds is 4. The van der Waals surface area contributed by atoms with Crippen molar-refractivity contribution in [3.8, 4) is 5.82 Å². The van der Waals surface area contributed by atoms with Crippen molar-refractivity contribution in [1.29, 1.82) is 0 Å². The fourth-order valence-corrected chi connectivity index (χ4v) is 3.17. The third-order valence-electron chi connectivity index (χ3n) is 4.06. The van der Waals surface area contributed by atoms with Gasteiger partial charge in [-0.3, -0.25) is 14.5 Å². The highest BCUT2D eigenvalue weighted by atomic mass is 32.2. The second-order valence-electron chi connectivity index (χ2n) is 7.22. The molecule has 3 rings (SSSR count). The first-order valence-corrected chi connectivity index (χ1v) is 9.84. The van der Waals surface area contributed by atoms with E-state index < -0.39 is 15.6 Å². The van der Waals surface area contributed by atoms with Gasteiger partial charge in [-0.25, -0.2) is 18.5 Å². The van der Waals surface area contributed by atoms with Crippen molar-refractivity contribution < 1.29 is 8.42 Å². The van der Waals surface area contributed by atoms with Crippen molar-refractivity contribution in [2.75, 3.05) is 0 Å². The monoisotopic (exact) mass is 387 g/mol. The van der Waals surface area contributed by atoms with E-state index in [0.717, 1.165) is 11.8 Å². The number of hydrogen-bond donors (Lipinski definition) is 1. The van der Waals surface area contributed by atoms with Crippen molar-refractivity contribution in [3.63, 3.8) is 0 Å². The summed E-state index contributed by atoms with van der Waals surface area (Å²) < 4.78 is 26.1. The summed E-state index contributed by atoms with van der Waals surface area (Å²) in [6.45, 7) is 5.91. The van der Waals surface area contributed by atoms with Crippen LogP contribution in [0.1, 0.15) is 31.9 Å². The average molecular weight is 387 g/mol. The quantitative estimate of drug-likeness (QED) is 0.727. The zero-order chi connectivity index (χ0) is 19.8. The van der Waals surface area contributed by atoms with E-state index in [4.69, 9.17) is 5.14 Å². The molecular weight excluding hydrogens is 366 g/mol. The van der Waals surface area contributed by atoms with Gasteiger partial charge < -0.3 is 0 Å². The molecule has 0 amide bonds. The van der Waals surface area contributed by atoms with Gasteiger partial charge in [0, 0.05) is 36.8 Å². The Morgan fingerprint density at radius 3 is 2.30 bits per heavy atom. The fourth-order valence-electron chi connectivity index (χ4n) is 2.71. The lowest BCUT2D eigenvalue weighted by molar-refractivity contribution is 0.324. The fraction of sp³-hybridized carbons (Fsp3) is 0.278. The second kappa shape index (κ2) is 6.75. The Morgan fingerprint density at radius 2 is 1.78 bits per heavy atom. The van der Waals surface area contributed by atoms with Gasteiger partial charge in [0.2, 0.25) is 10.0 Å². The molecule has 0 saturated heterocycles. The Hall–Kier alpha value is -2.78. The van der Waals surface area contributed by atoms with Gasteiger partial charge in [0.15, 0.2) is 5.82 Å². The molecule has 0 atom stereocenters. The lowest BCUT2D eigenvalue weighted by Gasteiger charge is -2.24. The number of hydrogen-bond acceptors (Lipinski definition) is 5. The van der Waals surface area contributed by atoms with Crippen LogP contribution in [0.4, 0.5) is 0 Å². The minimum absolute atomic E-state index is 0.106. The second-order valence-corrected chi connectivity index (χ2v) is 8.78. The Balaban J connectivity index is 2.12. The zero-order valence-corrected chi connectivity index (χ0v) is 16.1. The molecule has 3 aromatic rings. The molecule has 9 heteroatoms. The van der Waals surface area contributed by atoms with Crippen LogP contribution in [-0.4, -0.2) is 27.7 Å². The van der Waals surface area contributed by atoms with Crippen molar-refractivity contribution in [1.82, 2.24) is 19.3 Å². The minimum Gasteiger partial charge on any atom is -0.278 e. The lowest BCUT2D eigenvalue weighted by atomic mass is 10.1.